The molecule has 0 radical (unpaired) electrons. The Bertz CT molecular complexity index is 1350. The molecule has 0 spiro atoms. The Labute approximate surface area is 196 Å². The number of fused-ring (bicyclic) bond motifs is 1. The number of rotatable bonds is 5. The van der Waals surface area contributed by atoms with Crippen LogP contribution in [-0.4, -0.2) is 42.9 Å². The molecule has 3 aromatic rings. The fourth-order valence-electron chi connectivity index (χ4n) is 3.62. The van der Waals surface area contributed by atoms with Gasteiger partial charge in [-0.2, -0.15) is 0 Å². The second-order valence-corrected chi connectivity index (χ2v) is 11.1. The highest BCUT2D eigenvalue weighted by molar-refractivity contribution is 7.91. The number of aromatic nitrogens is 2. The SMILES string of the molecule is Cc1ccc(CN2C(=O)[C@@H](N)CS(=O)(=O)c3cc(F)c(-c4nnc(C(C)(C)CN)o4)cc32)cc1. The maximum Gasteiger partial charge on any atom is 0.250 e. The number of halogens is 1. The smallest absolute Gasteiger partial charge is 0.250 e. The van der Waals surface area contributed by atoms with Gasteiger partial charge in [0.15, 0.2) is 9.84 Å². The summed E-state index contributed by atoms with van der Waals surface area (Å²) < 4.78 is 46.8. The highest BCUT2D eigenvalue weighted by atomic mass is 32.2. The van der Waals surface area contributed by atoms with Gasteiger partial charge in [0.25, 0.3) is 5.89 Å². The van der Waals surface area contributed by atoms with Gasteiger partial charge in [0.1, 0.15) is 5.82 Å². The van der Waals surface area contributed by atoms with Gasteiger partial charge in [-0.1, -0.05) is 29.8 Å². The maximum atomic E-state index is 15.2. The van der Waals surface area contributed by atoms with E-state index in [-0.39, 0.29) is 41.0 Å². The van der Waals surface area contributed by atoms with Crippen LogP contribution >= 0.6 is 0 Å². The van der Waals surface area contributed by atoms with E-state index in [0.717, 1.165) is 17.2 Å². The molecule has 0 aliphatic carbocycles. The van der Waals surface area contributed by atoms with E-state index in [0.29, 0.717) is 0 Å². The summed E-state index contributed by atoms with van der Waals surface area (Å²) in [5, 5.41) is 7.91. The molecule has 0 unspecified atom stereocenters. The first-order valence-electron chi connectivity index (χ1n) is 10.7. The topological polar surface area (TPSA) is 145 Å². The average molecular weight is 488 g/mol. The Morgan fingerprint density at radius 3 is 2.53 bits per heavy atom. The minimum Gasteiger partial charge on any atom is -0.420 e. The van der Waals surface area contributed by atoms with Gasteiger partial charge in [-0.15, -0.1) is 10.2 Å². The molecule has 1 aromatic heterocycles. The number of anilines is 1. The van der Waals surface area contributed by atoms with Crippen LogP contribution in [0, 0.1) is 12.7 Å². The first kappa shape index (κ1) is 24.0. The number of amides is 1. The number of carbonyl (C=O) groups excluding carboxylic acids is 1. The first-order valence-corrected chi connectivity index (χ1v) is 12.3. The van der Waals surface area contributed by atoms with Crippen molar-refractivity contribution in [1.29, 1.82) is 0 Å². The van der Waals surface area contributed by atoms with E-state index in [2.05, 4.69) is 10.2 Å². The number of aryl methyl sites for hydroxylation is 1. The maximum absolute atomic E-state index is 15.2. The molecule has 2 aromatic carbocycles. The molecule has 1 aliphatic heterocycles. The fraction of sp³-hybridized carbons (Fsp3) is 0.348. The van der Waals surface area contributed by atoms with Crippen molar-refractivity contribution in [3.05, 3.63) is 59.2 Å². The minimum atomic E-state index is -4.05. The Balaban J connectivity index is 1.88. The first-order chi connectivity index (χ1) is 15.9. The quantitative estimate of drug-likeness (QED) is 0.556. The highest BCUT2D eigenvalue weighted by Gasteiger charge is 2.37. The minimum absolute atomic E-state index is 0.00719. The molecule has 1 aliphatic rings. The molecule has 0 fully saturated rings. The van der Waals surface area contributed by atoms with Gasteiger partial charge >= 0.3 is 0 Å². The zero-order valence-corrected chi connectivity index (χ0v) is 19.9. The van der Waals surface area contributed by atoms with Crippen molar-refractivity contribution < 1.29 is 22.0 Å². The second-order valence-electron chi connectivity index (χ2n) is 9.10. The van der Waals surface area contributed by atoms with E-state index in [9.17, 15) is 13.2 Å². The van der Waals surface area contributed by atoms with E-state index in [1.54, 1.807) is 13.8 Å². The van der Waals surface area contributed by atoms with Crippen LogP contribution in [0.2, 0.25) is 0 Å². The van der Waals surface area contributed by atoms with Crippen molar-refractivity contribution in [2.45, 2.75) is 43.7 Å². The molecular formula is C23H26FN5O4S. The van der Waals surface area contributed by atoms with Crippen LogP contribution in [0.4, 0.5) is 10.1 Å². The molecule has 4 N–H and O–H groups in total. The summed E-state index contributed by atoms with van der Waals surface area (Å²) in [4.78, 5) is 14.1. The fourth-order valence-corrected chi connectivity index (χ4v) is 5.18. The summed E-state index contributed by atoms with van der Waals surface area (Å²) >= 11 is 0. The van der Waals surface area contributed by atoms with E-state index >= 15 is 4.39 Å². The van der Waals surface area contributed by atoms with Gasteiger partial charge < -0.3 is 20.8 Å². The van der Waals surface area contributed by atoms with Crippen molar-refractivity contribution >= 4 is 21.4 Å². The molecule has 9 nitrogen and oxygen atoms in total. The molecule has 1 amide bonds. The molecule has 180 valence electrons. The number of hydrogen-bond donors (Lipinski definition) is 2. The van der Waals surface area contributed by atoms with Crippen molar-refractivity contribution in [3.63, 3.8) is 0 Å². The summed E-state index contributed by atoms with van der Waals surface area (Å²) in [5.74, 6) is -2.03. The monoisotopic (exact) mass is 487 g/mol. The zero-order chi connectivity index (χ0) is 24.8. The van der Waals surface area contributed by atoms with Crippen molar-refractivity contribution in [2.24, 2.45) is 11.5 Å². The molecule has 0 bridgehead atoms. The van der Waals surface area contributed by atoms with Gasteiger partial charge in [-0.05, 0) is 38.5 Å². The Hall–Kier alpha value is -3.15. The van der Waals surface area contributed by atoms with Gasteiger partial charge in [-0.3, -0.25) is 4.79 Å². The largest absolute Gasteiger partial charge is 0.420 e. The molecule has 0 saturated heterocycles. The Morgan fingerprint density at radius 2 is 1.88 bits per heavy atom. The van der Waals surface area contributed by atoms with Gasteiger partial charge in [-0.25, -0.2) is 12.8 Å². The lowest BCUT2D eigenvalue weighted by atomic mass is 9.94. The third kappa shape index (κ3) is 4.33. The number of hydrogen-bond acceptors (Lipinski definition) is 8. The van der Waals surface area contributed by atoms with Crippen LogP contribution in [0.15, 0.2) is 45.7 Å². The number of benzene rings is 2. The predicted molar refractivity (Wildman–Crippen MR) is 124 cm³/mol. The third-order valence-electron chi connectivity index (χ3n) is 5.86. The van der Waals surface area contributed by atoms with E-state index < -0.39 is 38.8 Å². The third-order valence-corrected chi connectivity index (χ3v) is 7.66. The number of sulfone groups is 1. The van der Waals surface area contributed by atoms with Gasteiger partial charge in [0, 0.05) is 6.54 Å². The normalized spacial score (nSPS) is 18.0. The van der Waals surface area contributed by atoms with Crippen LogP contribution in [0.3, 0.4) is 0 Å². The summed E-state index contributed by atoms with van der Waals surface area (Å²) in [6.45, 7) is 5.80. The lowest BCUT2D eigenvalue weighted by Crippen LogP contribution is -2.45. The standard InChI is InChI=1S/C23H26FN5O4S/c1-13-4-6-14(7-5-13)10-29-18-8-15(20-27-28-22(33-20)23(2,3)12-25)16(24)9-19(18)34(31,32)11-17(26)21(29)30/h4-9,17H,10-12,25-26H2,1-3H3/t17-/m0/s1. The molecule has 1 atom stereocenters. The number of nitrogens with two attached hydrogens (primary N) is 2. The van der Waals surface area contributed by atoms with Crippen LogP contribution in [-0.2, 0) is 26.6 Å². The number of nitrogens with zero attached hydrogens (tertiary/aromatic N) is 3. The van der Waals surface area contributed by atoms with Crippen LogP contribution < -0.4 is 16.4 Å². The summed E-state index contributed by atoms with van der Waals surface area (Å²) in [7, 11) is -4.05. The summed E-state index contributed by atoms with van der Waals surface area (Å²) in [6, 6.07) is 8.25. The van der Waals surface area contributed by atoms with Crippen LogP contribution in [0.25, 0.3) is 11.5 Å². The van der Waals surface area contributed by atoms with E-state index in [1.807, 2.05) is 31.2 Å². The van der Waals surface area contributed by atoms with Crippen molar-refractivity contribution in [3.8, 4) is 11.5 Å². The zero-order valence-electron chi connectivity index (χ0n) is 19.1. The van der Waals surface area contributed by atoms with Gasteiger partial charge in [0.2, 0.25) is 11.8 Å². The molecule has 2 heterocycles. The Kier molecular flexibility index (Phi) is 6.05. The molecular weight excluding hydrogens is 461 g/mol. The van der Waals surface area contributed by atoms with Crippen molar-refractivity contribution in [2.75, 3.05) is 17.2 Å². The average Bonchev–Trinajstić information content (AvgIpc) is 3.27. The van der Waals surface area contributed by atoms with Gasteiger partial charge in [0.05, 0.1) is 39.9 Å². The second kappa shape index (κ2) is 8.57. The molecule has 4 rings (SSSR count). The van der Waals surface area contributed by atoms with Crippen molar-refractivity contribution in [1.82, 2.24) is 10.2 Å². The lowest BCUT2D eigenvalue weighted by molar-refractivity contribution is -0.119. The van der Waals surface area contributed by atoms with Crippen LogP contribution in [0.5, 0.6) is 0 Å². The summed E-state index contributed by atoms with van der Waals surface area (Å²) in [6.07, 6.45) is 0. The Morgan fingerprint density at radius 1 is 1.21 bits per heavy atom. The number of carbonyl (C=O) groups is 1. The van der Waals surface area contributed by atoms with E-state index in [4.69, 9.17) is 15.9 Å². The lowest BCUT2D eigenvalue weighted by Gasteiger charge is -2.24. The van der Waals surface area contributed by atoms with Crippen LogP contribution in [0.1, 0.15) is 30.9 Å². The highest BCUT2D eigenvalue weighted by Crippen LogP contribution is 2.37. The molecule has 34 heavy (non-hydrogen) atoms. The van der Waals surface area contributed by atoms with E-state index in [1.165, 1.54) is 11.0 Å². The molecule has 0 saturated carbocycles. The molecule has 11 heteroatoms. The predicted octanol–water partition coefficient (Wildman–Crippen LogP) is 2.07. The summed E-state index contributed by atoms with van der Waals surface area (Å²) in [5.41, 5.74) is 12.7.